The number of benzene rings is 2. The summed E-state index contributed by atoms with van der Waals surface area (Å²) in [5, 5.41) is 8.84. The molecule has 2 rings (SSSR count). The van der Waals surface area contributed by atoms with Gasteiger partial charge in [-0.3, -0.25) is 0 Å². The Labute approximate surface area is 135 Å². The van der Waals surface area contributed by atoms with Crippen molar-refractivity contribution in [3.8, 4) is 6.07 Å². The smallest absolute Gasteiger partial charge is 0.337 e. The van der Waals surface area contributed by atoms with Crippen LogP contribution >= 0.6 is 34.4 Å². The van der Waals surface area contributed by atoms with E-state index in [2.05, 4.69) is 33.4 Å². The number of ether oxygens (including phenoxy) is 1. The Morgan fingerprint density at radius 2 is 1.95 bits per heavy atom. The molecule has 0 spiro atoms. The standard InChI is InChI=1S/C15H10INO2S/c1-19-15(18)11-3-5-12(6-4-11)20-14-7-2-10(9-17)8-13(14)16/h2-8H,1H3. The fraction of sp³-hybridized carbons (Fsp3) is 0.0667. The molecule has 2 aromatic carbocycles. The molecular weight excluding hydrogens is 385 g/mol. The van der Waals surface area contributed by atoms with Gasteiger partial charge in [0.15, 0.2) is 0 Å². The lowest BCUT2D eigenvalue weighted by Gasteiger charge is -2.05. The van der Waals surface area contributed by atoms with E-state index < -0.39 is 0 Å². The lowest BCUT2D eigenvalue weighted by atomic mass is 10.2. The van der Waals surface area contributed by atoms with Crippen molar-refractivity contribution in [2.24, 2.45) is 0 Å². The van der Waals surface area contributed by atoms with Crippen molar-refractivity contribution in [1.82, 2.24) is 0 Å². The molecule has 0 saturated heterocycles. The van der Waals surface area contributed by atoms with E-state index >= 15 is 0 Å². The van der Waals surface area contributed by atoms with Crippen molar-refractivity contribution in [3.63, 3.8) is 0 Å². The van der Waals surface area contributed by atoms with Crippen LogP contribution < -0.4 is 0 Å². The molecule has 0 fully saturated rings. The van der Waals surface area contributed by atoms with Gasteiger partial charge in [0, 0.05) is 13.4 Å². The minimum atomic E-state index is -0.338. The van der Waals surface area contributed by atoms with E-state index in [1.165, 1.54) is 7.11 Å². The molecule has 0 aromatic heterocycles. The number of nitriles is 1. The quantitative estimate of drug-likeness (QED) is 0.580. The highest BCUT2D eigenvalue weighted by Crippen LogP contribution is 2.32. The summed E-state index contributed by atoms with van der Waals surface area (Å²) in [5.41, 5.74) is 1.19. The van der Waals surface area contributed by atoms with Gasteiger partial charge in [-0.15, -0.1) is 0 Å². The van der Waals surface area contributed by atoms with Gasteiger partial charge in [-0.05, 0) is 65.1 Å². The van der Waals surface area contributed by atoms with Gasteiger partial charge in [0.2, 0.25) is 0 Å². The molecule has 0 aliphatic carbocycles. The summed E-state index contributed by atoms with van der Waals surface area (Å²) < 4.78 is 5.69. The molecule has 0 heterocycles. The number of methoxy groups -OCH3 is 1. The second-order valence-corrected chi connectivity index (χ2v) is 6.15. The molecule has 20 heavy (non-hydrogen) atoms. The van der Waals surface area contributed by atoms with E-state index in [0.717, 1.165) is 13.4 Å². The van der Waals surface area contributed by atoms with Crippen molar-refractivity contribution >= 4 is 40.3 Å². The van der Waals surface area contributed by atoms with Crippen LogP contribution in [-0.4, -0.2) is 13.1 Å². The first-order chi connectivity index (χ1) is 9.63. The molecule has 0 saturated carbocycles. The van der Waals surface area contributed by atoms with Crippen LogP contribution in [0.3, 0.4) is 0 Å². The van der Waals surface area contributed by atoms with Gasteiger partial charge in [-0.1, -0.05) is 11.8 Å². The van der Waals surface area contributed by atoms with Crippen LogP contribution in [0.25, 0.3) is 0 Å². The van der Waals surface area contributed by atoms with Crippen molar-refractivity contribution in [2.75, 3.05) is 7.11 Å². The fourth-order valence-corrected chi connectivity index (χ4v) is 3.22. The van der Waals surface area contributed by atoms with E-state index in [0.29, 0.717) is 11.1 Å². The number of carbonyl (C=O) groups excluding carboxylic acids is 1. The Morgan fingerprint density at radius 1 is 1.25 bits per heavy atom. The van der Waals surface area contributed by atoms with Gasteiger partial charge in [0.25, 0.3) is 0 Å². The van der Waals surface area contributed by atoms with Crippen LogP contribution in [-0.2, 0) is 4.74 Å². The van der Waals surface area contributed by atoms with E-state index in [1.54, 1.807) is 30.0 Å². The van der Waals surface area contributed by atoms with Crippen LogP contribution in [0.1, 0.15) is 15.9 Å². The first-order valence-corrected chi connectivity index (χ1v) is 7.59. The lowest BCUT2D eigenvalue weighted by Crippen LogP contribution is -2.00. The highest BCUT2D eigenvalue weighted by atomic mass is 127. The van der Waals surface area contributed by atoms with Gasteiger partial charge in [0.05, 0.1) is 24.3 Å². The highest BCUT2D eigenvalue weighted by Gasteiger charge is 2.07. The molecule has 0 unspecified atom stereocenters. The van der Waals surface area contributed by atoms with E-state index in [1.807, 2.05) is 24.3 Å². The number of carbonyl (C=O) groups is 1. The van der Waals surface area contributed by atoms with Crippen LogP contribution in [0, 0.1) is 14.9 Å². The van der Waals surface area contributed by atoms with Crippen molar-refractivity contribution in [1.29, 1.82) is 5.26 Å². The molecule has 3 nitrogen and oxygen atoms in total. The number of hydrogen-bond acceptors (Lipinski definition) is 4. The zero-order valence-corrected chi connectivity index (χ0v) is 13.6. The molecule has 100 valence electrons. The van der Waals surface area contributed by atoms with Crippen LogP contribution in [0.4, 0.5) is 0 Å². The maximum absolute atomic E-state index is 11.3. The molecule has 0 radical (unpaired) electrons. The SMILES string of the molecule is COC(=O)c1ccc(Sc2ccc(C#N)cc2I)cc1. The average Bonchev–Trinajstić information content (AvgIpc) is 2.49. The Bertz CT molecular complexity index is 677. The van der Waals surface area contributed by atoms with Gasteiger partial charge in [-0.2, -0.15) is 5.26 Å². The molecule has 0 bridgehead atoms. The second-order valence-electron chi connectivity index (χ2n) is 3.88. The predicted octanol–water partition coefficient (Wildman–Crippen LogP) is 4.10. The summed E-state index contributed by atoms with van der Waals surface area (Å²) in [6.07, 6.45) is 0. The zero-order valence-electron chi connectivity index (χ0n) is 10.6. The summed E-state index contributed by atoms with van der Waals surface area (Å²) in [6, 6.07) is 14.9. The number of nitrogens with zero attached hydrogens (tertiary/aromatic N) is 1. The van der Waals surface area contributed by atoms with Crippen molar-refractivity contribution < 1.29 is 9.53 Å². The predicted molar refractivity (Wildman–Crippen MR) is 85.8 cm³/mol. The van der Waals surface area contributed by atoms with Gasteiger partial charge in [-0.25, -0.2) is 4.79 Å². The van der Waals surface area contributed by atoms with Gasteiger partial charge < -0.3 is 4.74 Å². The molecule has 0 atom stereocenters. The third-order valence-corrected chi connectivity index (χ3v) is 4.91. The van der Waals surface area contributed by atoms with E-state index in [4.69, 9.17) is 5.26 Å². The first-order valence-electron chi connectivity index (χ1n) is 5.70. The molecule has 0 N–H and O–H groups in total. The van der Waals surface area contributed by atoms with E-state index in [-0.39, 0.29) is 5.97 Å². The number of hydrogen-bond donors (Lipinski definition) is 0. The molecule has 0 aliphatic heterocycles. The normalized spacial score (nSPS) is 9.85. The first kappa shape index (κ1) is 14.9. The minimum Gasteiger partial charge on any atom is -0.465 e. The summed E-state index contributed by atoms with van der Waals surface area (Å²) in [6.45, 7) is 0. The fourth-order valence-electron chi connectivity index (χ4n) is 1.56. The summed E-state index contributed by atoms with van der Waals surface area (Å²) >= 11 is 3.81. The Morgan fingerprint density at radius 3 is 2.50 bits per heavy atom. The van der Waals surface area contributed by atoms with Crippen molar-refractivity contribution in [2.45, 2.75) is 9.79 Å². The third-order valence-electron chi connectivity index (χ3n) is 2.56. The average molecular weight is 395 g/mol. The molecule has 0 aliphatic rings. The van der Waals surface area contributed by atoms with Crippen molar-refractivity contribution in [3.05, 3.63) is 57.2 Å². The number of esters is 1. The minimum absolute atomic E-state index is 0.338. The number of rotatable bonds is 3. The molecule has 0 amide bonds. The van der Waals surface area contributed by atoms with Gasteiger partial charge >= 0.3 is 5.97 Å². The summed E-state index contributed by atoms with van der Waals surface area (Å²) in [5.74, 6) is -0.338. The zero-order chi connectivity index (χ0) is 14.5. The second kappa shape index (κ2) is 6.77. The Hall–Kier alpha value is -1.52. The van der Waals surface area contributed by atoms with Crippen LogP contribution in [0.5, 0.6) is 0 Å². The monoisotopic (exact) mass is 395 g/mol. The molecule has 5 heteroatoms. The maximum atomic E-state index is 11.3. The molecular formula is C15H10INO2S. The lowest BCUT2D eigenvalue weighted by molar-refractivity contribution is 0.0600. The topological polar surface area (TPSA) is 50.1 Å². The Balaban J connectivity index is 2.18. The largest absolute Gasteiger partial charge is 0.465 e. The number of halogens is 1. The van der Waals surface area contributed by atoms with Crippen LogP contribution in [0.2, 0.25) is 0 Å². The summed E-state index contributed by atoms with van der Waals surface area (Å²) in [7, 11) is 1.37. The van der Waals surface area contributed by atoms with Crippen LogP contribution in [0.15, 0.2) is 52.3 Å². The van der Waals surface area contributed by atoms with E-state index in [9.17, 15) is 4.79 Å². The Kier molecular flexibility index (Phi) is 5.04. The third kappa shape index (κ3) is 3.52. The summed E-state index contributed by atoms with van der Waals surface area (Å²) in [4.78, 5) is 13.5. The maximum Gasteiger partial charge on any atom is 0.337 e. The van der Waals surface area contributed by atoms with Gasteiger partial charge in [0.1, 0.15) is 0 Å². The molecule has 2 aromatic rings. The highest BCUT2D eigenvalue weighted by molar-refractivity contribution is 14.1.